The number of rotatable bonds is 2. The summed E-state index contributed by atoms with van der Waals surface area (Å²) in [5.41, 5.74) is 10.3. The molecule has 2 heteroatoms. The minimum absolute atomic E-state index is 0.559. The molecule has 0 radical (unpaired) electrons. The first-order valence-corrected chi connectivity index (χ1v) is 6.29. The lowest BCUT2D eigenvalue weighted by atomic mass is 9.88. The van der Waals surface area contributed by atoms with Crippen molar-refractivity contribution in [2.45, 2.75) is 38.0 Å². The zero-order chi connectivity index (χ0) is 11.1. The molecule has 2 nitrogen and oxygen atoms in total. The Hall–Kier alpha value is -1.02. The molecule has 0 bridgehead atoms. The van der Waals surface area contributed by atoms with E-state index in [4.69, 9.17) is 10.5 Å². The van der Waals surface area contributed by atoms with Crippen LogP contribution >= 0.6 is 0 Å². The van der Waals surface area contributed by atoms with E-state index in [2.05, 4.69) is 19.1 Å². The summed E-state index contributed by atoms with van der Waals surface area (Å²) in [7, 11) is 0. The highest BCUT2D eigenvalue weighted by Gasteiger charge is 2.32. The standard InChI is InChI=1S/C14H19NO/c1-9-8-16-12-5-4-10-2-3-11(6-7-15)14(10)13(9)12/h4-5,9,11H,2-3,6-8,15H2,1H3/t9-,11-/m0/s1. The fraction of sp³-hybridized carbons (Fsp3) is 0.571. The third kappa shape index (κ3) is 1.36. The largest absolute Gasteiger partial charge is 0.493 e. The van der Waals surface area contributed by atoms with Gasteiger partial charge in [-0.05, 0) is 48.9 Å². The molecule has 16 heavy (non-hydrogen) atoms. The lowest BCUT2D eigenvalue weighted by molar-refractivity contribution is 0.337. The van der Waals surface area contributed by atoms with Crippen LogP contribution in [0.2, 0.25) is 0 Å². The summed E-state index contributed by atoms with van der Waals surface area (Å²) >= 11 is 0. The van der Waals surface area contributed by atoms with E-state index >= 15 is 0 Å². The molecule has 1 heterocycles. The van der Waals surface area contributed by atoms with Gasteiger partial charge in [-0.2, -0.15) is 0 Å². The van der Waals surface area contributed by atoms with Crippen LogP contribution in [0.1, 0.15) is 48.3 Å². The average Bonchev–Trinajstić information content (AvgIpc) is 2.84. The number of fused-ring (bicyclic) bond motifs is 3. The molecule has 0 aromatic heterocycles. The molecule has 2 aliphatic rings. The Morgan fingerprint density at radius 2 is 2.25 bits per heavy atom. The van der Waals surface area contributed by atoms with Crippen molar-refractivity contribution >= 4 is 0 Å². The Kier molecular flexibility index (Phi) is 2.40. The fourth-order valence-corrected chi connectivity index (χ4v) is 3.26. The maximum Gasteiger partial charge on any atom is 0.123 e. The van der Waals surface area contributed by atoms with E-state index in [1.54, 1.807) is 5.56 Å². The van der Waals surface area contributed by atoms with E-state index in [0.29, 0.717) is 11.8 Å². The van der Waals surface area contributed by atoms with Crippen LogP contribution in [0.5, 0.6) is 5.75 Å². The van der Waals surface area contributed by atoms with Crippen LogP contribution in [0.25, 0.3) is 0 Å². The first kappa shape index (κ1) is 10.2. The summed E-state index contributed by atoms with van der Waals surface area (Å²) in [6.07, 6.45) is 3.62. The maximum atomic E-state index is 5.73. The Bertz CT molecular complexity index is 411. The first-order chi connectivity index (χ1) is 7.81. The number of benzene rings is 1. The highest BCUT2D eigenvalue weighted by Crippen LogP contribution is 2.46. The molecule has 0 unspecified atom stereocenters. The van der Waals surface area contributed by atoms with Crippen molar-refractivity contribution in [2.75, 3.05) is 13.2 Å². The Morgan fingerprint density at radius 3 is 3.06 bits per heavy atom. The zero-order valence-corrected chi connectivity index (χ0v) is 9.83. The molecule has 0 saturated carbocycles. The van der Waals surface area contributed by atoms with Crippen LogP contribution < -0.4 is 10.5 Å². The normalized spacial score (nSPS) is 26.4. The smallest absolute Gasteiger partial charge is 0.123 e. The second-order valence-electron chi connectivity index (χ2n) is 5.08. The topological polar surface area (TPSA) is 35.2 Å². The zero-order valence-electron chi connectivity index (χ0n) is 9.83. The molecule has 0 spiro atoms. The molecule has 0 saturated heterocycles. The predicted octanol–water partition coefficient (Wildman–Crippen LogP) is 2.56. The van der Waals surface area contributed by atoms with Crippen LogP contribution in [-0.4, -0.2) is 13.2 Å². The second-order valence-corrected chi connectivity index (χ2v) is 5.08. The third-order valence-corrected chi connectivity index (χ3v) is 4.00. The van der Waals surface area contributed by atoms with E-state index in [9.17, 15) is 0 Å². The van der Waals surface area contributed by atoms with Crippen LogP contribution in [0.3, 0.4) is 0 Å². The van der Waals surface area contributed by atoms with Crippen molar-refractivity contribution < 1.29 is 4.74 Å². The van der Waals surface area contributed by atoms with Gasteiger partial charge in [0, 0.05) is 11.5 Å². The van der Waals surface area contributed by atoms with Gasteiger partial charge in [0.25, 0.3) is 0 Å². The lowest BCUT2D eigenvalue weighted by Gasteiger charge is -2.15. The monoisotopic (exact) mass is 217 g/mol. The molecule has 2 N–H and O–H groups in total. The van der Waals surface area contributed by atoms with Gasteiger partial charge in [-0.15, -0.1) is 0 Å². The third-order valence-electron chi connectivity index (χ3n) is 4.00. The lowest BCUT2D eigenvalue weighted by Crippen LogP contribution is -2.07. The molecule has 1 aliphatic heterocycles. The summed E-state index contributed by atoms with van der Waals surface area (Å²) in [6.45, 7) is 3.91. The van der Waals surface area contributed by atoms with Crippen molar-refractivity contribution in [1.29, 1.82) is 0 Å². The van der Waals surface area contributed by atoms with Crippen LogP contribution in [0, 0.1) is 0 Å². The van der Waals surface area contributed by atoms with E-state index in [0.717, 1.165) is 25.3 Å². The van der Waals surface area contributed by atoms with Crippen LogP contribution in [0.15, 0.2) is 12.1 Å². The van der Waals surface area contributed by atoms with E-state index < -0.39 is 0 Å². The van der Waals surface area contributed by atoms with E-state index in [-0.39, 0.29) is 0 Å². The van der Waals surface area contributed by atoms with Gasteiger partial charge in [-0.1, -0.05) is 13.0 Å². The second kappa shape index (κ2) is 3.77. The molecule has 0 amide bonds. The van der Waals surface area contributed by atoms with Crippen molar-refractivity contribution in [1.82, 2.24) is 0 Å². The summed E-state index contributed by atoms with van der Waals surface area (Å²) in [4.78, 5) is 0. The Balaban J connectivity index is 2.09. The minimum Gasteiger partial charge on any atom is -0.493 e. The van der Waals surface area contributed by atoms with Crippen molar-refractivity contribution in [3.05, 3.63) is 28.8 Å². The van der Waals surface area contributed by atoms with Crippen molar-refractivity contribution in [3.63, 3.8) is 0 Å². The highest BCUT2D eigenvalue weighted by atomic mass is 16.5. The molecule has 1 aliphatic carbocycles. The number of aryl methyl sites for hydroxylation is 1. The van der Waals surface area contributed by atoms with Crippen molar-refractivity contribution in [3.8, 4) is 5.75 Å². The Labute approximate surface area is 96.8 Å². The number of nitrogens with two attached hydrogens (primary N) is 1. The molecule has 3 rings (SSSR count). The number of hydrogen-bond acceptors (Lipinski definition) is 2. The molecule has 1 aromatic rings. The van der Waals surface area contributed by atoms with Gasteiger partial charge in [0.1, 0.15) is 5.75 Å². The average molecular weight is 217 g/mol. The number of ether oxygens (including phenoxy) is 1. The molecular weight excluding hydrogens is 198 g/mol. The quantitative estimate of drug-likeness (QED) is 0.826. The Morgan fingerprint density at radius 1 is 1.38 bits per heavy atom. The van der Waals surface area contributed by atoms with Gasteiger partial charge in [-0.3, -0.25) is 0 Å². The van der Waals surface area contributed by atoms with Crippen molar-refractivity contribution in [2.24, 2.45) is 5.73 Å². The summed E-state index contributed by atoms with van der Waals surface area (Å²) in [6, 6.07) is 4.41. The molecule has 86 valence electrons. The van der Waals surface area contributed by atoms with Gasteiger partial charge in [0.2, 0.25) is 0 Å². The minimum atomic E-state index is 0.559. The molecule has 1 aromatic carbocycles. The van der Waals surface area contributed by atoms with E-state index in [1.807, 2.05) is 0 Å². The first-order valence-electron chi connectivity index (χ1n) is 6.29. The fourth-order valence-electron chi connectivity index (χ4n) is 3.26. The SMILES string of the molecule is C[C@H]1COc2ccc3c(c21)[C@H](CCN)CC3. The molecule has 0 fully saturated rings. The van der Waals surface area contributed by atoms with Gasteiger partial charge in [-0.25, -0.2) is 0 Å². The van der Waals surface area contributed by atoms with Crippen LogP contribution in [0.4, 0.5) is 0 Å². The predicted molar refractivity (Wildman–Crippen MR) is 65.1 cm³/mol. The summed E-state index contributed by atoms with van der Waals surface area (Å²) < 4.78 is 5.73. The van der Waals surface area contributed by atoms with Gasteiger partial charge < -0.3 is 10.5 Å². The van der Waals surface area contributed by atoms with Gasteiger partial charge in [0.05, 0.1) is 6.61 Å². The van der Waals surface area contributed by atoms with E-state index in [1.165, 1.54) is 24.0 Å². The highest BCUT2D eigenvalue weighted by molar-refractivity contribution is 5.53. The molecule has 2 atom stereocenters. The molecular formula is C14H19NO. The van der Waals surface area contributed by atoms with Crippen LogP contribution in [-0.2, 0) is 6.42 Å². The summed E-state index contributed by atoms with van der Waals surface area (Å²) in [5, 5.41) is 0. The number of hydrogen-bond donors (Lipinski definition) is 1. The summed E-state index contributed by atoms with van der Waals surface area (Å²) in [5.74, 6) is 2.36. The maximum absolute atomic E-state index is 5.73. The van der Waals surface area contributed by atoms with Gasteiger partial charge >= 0.3 is 0 Å². The van der Waals surface area contributed by atoms with Gasteiger partial charge in [0.15, 0.2) is 0 Å².